The fraction of sp³-hybridized carbons (Fsp3) is 0.165. The Hall–Kier alpha value is -8.96. The Kier molecular flexibility index (Phi) is 11.9. The number of benzene rings is 10. The Morgan fingerprint density at radius 1 is 0.512 bits per heavy atom. The Morgan fingerprint density at radius 2 is 1.09 bits per heavy atom. The van der Waals surface area contributed by atoms with E-state index in [-0.39, 0.29) is 61.5 Å². The second-order valence-electron chi connectivity index (χ2n) is 25.8. The van der Waals surface area contributed by atoms with E-state index in [1.807, 2.05) is 36.4 Å². The molecule has 0 atom stereocenters. The van der Waals surface area contributed by atoms with E-state index in [9.17, 15) is 1.37 Å². The molecular formula is C79H65N4O2Pt-3. The van der Waals surface area contributed by atoms with Gasteiger partial charge in [-0.1, -0.05) is 213 Å². The van der Waals surface area contributed by atoms with E-state index in [0.29, 0.717) is 39.1 Å². The van der Waals surface area contributed by atoms with Gasteiger partial charge in [0.2, 0.25) is 0 Å². The Labute approximate surface area is 525 Å². The number of ether oxygens (including phenoxy) is 2. The van der Waals surface area contributed by atoms with Gasteiger partial charge in [0.05, 0.1) is 10.9 Å². The molecule has 7 heteroatoms. The molecule has 10 aromatic carbocycles. The first kappa shape index (κ1) is 50.4. The molecule has 0 radical (unpaired) electrons. The van der Waals surface area contributed by atoms with Crippen LogP contribution in [-0.4, -0.2) is 9.55 Å². The second-order valence-corrected chi connectivity index (χ2v) is 25.8. The van der Waals surface area contributed by atoms with E-state index in [4.69, 9.17) is 18.6 Å². The number of para-hydroxylation sites is 6. The normalized spacial score (nSPS) is 14.5. The van der Waals surface area contributed by atoms with Crippen molar-refractivity contribution in [1.29, 1.82) is 0 Å². The average Bonchev–Trinajstić information content (AvgIpc) is 1.48. The van der Waals surface area contributed by atoms with Crippen molar-refractivity contribution in [1.82, 2.24) is 9.55 Å². The summed E-state index contributed by atoms with van der Waals surface area (Å²) in [5, 5.41) is 0.992. The van der Waals surface area contributed by atoms with E-state index in [2.05, 4.69) is 243 Å². The number of pyridine rings is 1. The zero-order chi connectivity index (χ0) is 61.6. The van der Waals surface area contributed by atoms with Crippen LogP contribution >= 0.6 is 0 Å². The van der Waals surface area contributed by atoms with Crippen LogP contribution in [-0.2, 0) is 42.7 Å². The van der Waals surface area contributed by atoms with Crippen LogP contribution in [0.2, 0.25) is 0 Å². The molecule has 12 aromatic rings. The molecule has 0 saturated carbocycles. The van der Waals surface area contributed by atoms with E-state index >= 15 is 0 Å². The number of hydrogen-bond acceptors (Lipinski definition) is 5. The first-order valence-corrected chi connectivity index (χ1v) is 29.3. The predicted octanol–water partition coefficient (Wildman–Crippen LogP) is 20.7. The smallest absolute Gasteiger partial charge is 0.135 e. The van der Waals surface area contributed by atoms with Crippen LogP contribution in [0, 0.1) is 18.8 Å². The number of anilines is 4. The van der Waals surface area contributed by atoms with Gasteiger partial charge >= 0.3 is 0 Å². The first-order valence-electron chi connectivity index (χ1n) is 31.3. The summed E-state index contributed by atoms with van der Waals surface area (Å²) in [4.78, 5) is 9.34. The van der Waals surface area contributed by atoms with Gasteiger partial charge in [-0.25, -0.2) is 4.98 Å². The Bertz CT molecular complexity index is 4860. The minimum Gasteiger partial charge on any atom is -0.509 e. The van der Waals surface area contributed by atoms with Crippen molar-refractivity contribution >= 4 is 44.6 Å². The van der Waals surface area contributed by atoms with Gasteiger partial charge in [0, 0.05) is 83.6 Å². The molecule has 86 heavy (non-hydrogen) atoms. The topological polar surface area (TPSA) is 42.8 Å². The fourth-order valence-electron chi connectivity index (χ4n) is 13.2. The number of hydrogen-bond donors (Lipinski definition) is 0. The molecule has 0 unspecified atom stereocenters. The summed E-state index contributed by atoms with van der Waals surface area (Å²) in [6.45, 7) is 22.4. The molecule has 4 heterocycles. The Balaban J connectivity index is 0.00000707. The number of rotatable bonds is 7. The van der Waals surface area contributed by atoms with Crippen molar-refractivity contribution in [2.75, 3.05) is 9.80 Å². The summed E-state index contributed by atoms with van der Waals surface area (Å²) in [5.41, 5.74) is 18.4. The van der Waals surface area contributed by atoms with Gasteiger partial charge < -0.3 is 23.8 Å². The maximum atomic E-state index is 9.19. The van der Waals surface area contributed by atoms with Crippen molar-refractivity contribution in [2.45, 2.75) is 84.0 Å². The summed E-state index contributed by atoms with van der Waals surface area (Å²) in [7, 11) is 0. The number of aromatic nitrogens is 2. The van der Waals surface area contributed by atoms with E-state index in [1.54, 1.807) is 16.8 Å². The van der Waals surface area contributed by atoms with Crippen molar-refractivity contribution in [3.05, 3.63) is 282 Å². The minimum atomic E-state index is -0.660. The van der Waals surface area contributed by atoms with E-state index in [0.717, 1.165) is 73.2 Å². The summed E-state index contributed by atoms with van der Waals surface area (Å²) in [5.74, 6) is 3.04. The van der Waals surface area contributed by atoms with Crippen LogP contribution in [0.1, 0.15) is 107 Å². The number of fused-ring (bicyclic) bond motifs is 13. The van der Waals surface area contributed by atoms with Gasteiger partial charge in [-0.15, -0.1) is 48.1 Å². The molecule has 3 aliphatic rings. The number of nitrogens with zero attached hydrogens (tertiary/aromatic N) is 4. The van der Waals surface area contributed by atoms with Crippen LogP contribution in [0.25, 0.3) is 61.0 Å². The molecular weight excluding hydrogens is 1230 g/mol. The molecule has 0 amide bonds. The average molecular weight is 1300 g/mol. The third kappa shape index (κ3) is 8.73. The standard InChI is InChI=1S/C79H65N4O2.Pt/c1-76(2,3)51-41-42-80-73(46-51)83-67-34-15-11-25-58(67)59-40-39-56(48-70(59)83)84-55-24-20-23-54(47-55)81-49-82(69-36-17-16-35-68(69)81)75-57(50-43-52(77(4,5)6)45-53(44-50)78(7,8)9)27-21-29-61(75)60-28-22-33-66-74(60)62-26-10-12-30-63(62)79(66)64-31-13-18-37-71(64)85-72-38-19-14-32-65(72)79;/h10-46,49H,1-9H3;/q-3;/i11D,15D,25D,34D;. The molecule has 2 aromatic heterocycles. The van der Waals surface area contributed by atoms with Crippen LogP contribution in [0.15, 0.2) is 224 Å². The molecule has 0 fully saturated rings. The van der Waals surface area contributed by atoms with Gasteiger partial charge in [-0.2, -0.15) is 12.1 Å². The zero-order valence-corrected chi connectivity index (χ0v) is 51.8. The molecule has 2 aliphatic heterocycles. The Morgan fingerprint density at radius 3 is 1.81 bits per heavy atom. The van der Waals surface area contributed by atoms with E-state index < -0.39 is 5.41 Å². The van der Waals surface area contributed by atoms with Crippen LogP contribution in [0.5, 0.6) is 23.0 Å². The largest absolute Gasteiger partial charge is 0.509 e. The monoisotopic (exact) mass is 1300 g/mol. The van der Waals surface area contributed by atoms with Crippen molar-refractivity contribution in [2.24, 2.45) is 0 Å². The molecule has 1 aliphatic carbocycles. The summed E-state index contributed by atoms with van der Waals surface area (Å²) >= 11 is 0. The molecule has 426 valence electrons. The van der Waals surface area contributed by atoms with Crippen LogP contribution in [0.3, 0.4) is 0 Å². The molecule has 0 N–H and O–H groups in total. The summed E-state index contributed by atoms with van der Waals surface area (Å²) < 4.78 is 51.0. The maximum Gasteiger partial charge on any atom is 0.135 e. The van der Waals surface area contributed by atoms with E-state index in [1.165, 1.54) is 33.4 Å². The minimum absolute atomic E-state index is 0. The van der Waals surface area contributed by atoms with Crippen LogP contribution in [0.4, 0.5) is 22.7 Å². The molecule has 1 spiro atoms. The quantitative estimate of drug-likeness (QED) is 0.149. The molecule has 0 saturated heterocycles. The van der Waals surface area contributed by atoms with Gasteiger partial charge in [0.15, 0.2) is 0 Å². The van der Waals surface area contributed by atoms with Gasteiger partial charge in [0.1, 0.15) is 17.3 Å². The molecule has 15 rings (SSSR count). The zero-order valence-electron chi connectivity index (χ0n) is 53.6. The van der Waals surface area contributed by atoms with Gasteiger partial charge in [-0.05, 0) is 114 Å². The molecule has 6 nitrogen and oxygen atoms in total. The molecule has 0 bridgehead atoms. The first-order chi connectivity index (χ1) is 42.7. The van der Waals surface area contributed by atoms with Gasteiger partial charge in [-0.3, -0.25) is 0 Å². The third-order valence-electron chi connectivity index (χ3n) is 17.4. The summed E-state index contributed by atoms with van der Waals surface area (Å²) in [6.07, 6.45) is 1.74. The van der Waals surface area contributed by atoms with Gasteiger partial charge in [0.25, 0.3) is 0 Å². The SMILES string of the molecule is [2H]c1c([2H])c([2H])c2c(c1[2H])c1ccc(Oc3[c-]c(N4[CH-]N(c5c(-c6cc(C(C)(C)C)cc(C(C)(C)C)c6)cccc5-c5cccc6c5-c5ccccc5C65c6ccccc6Oc6ccccc65)c5ccccc54)ccc3)[c-]c1n2-c1cc(C(C)(C)C)ccn1.[Pt]. The predicted molar refractivity (Wildman–Crippen MR) is 349 cm³/mol. The maximum absolute atomic E-state index is 9.19. The summed E-state index contributed by atoms with van der Waals surface area (Å²) in [6, 6.07) is 75.1. The van der Waals surface area contributed by atoms with Crippen molar-refractivity contribution in [3.63, 3.8) is 0 Å². The fourth-order valence-corrected chi connectivity index (χ4v) is 13.2. The van der Waals surface area contributed by atoms with Crippen LogP contribution < -0.4 is 19.3 Å². The third-order valence-corrected chi connectivity index (χ3v) is 17.4. The second kappa shape index (κ2) is 20.4. The van der Waals surface area contributed by atoms with Crippen molar-refractivity contribution in [3.8, 4) is 62.2 Å². The van der Waals surface area contributed by atoms with Crippen molar-refractivity contribution < 1.29 is 36.0 Å².